The van der Waals surface area contributed by atoms with Crippen molar-refractivity contribution < 1.29 is 0 Å². The minimum absolute atomic E-state index is 0.0577. The molecular formula is C17H18N6. The van der Waals surface area contributed by atoms with E-state index in [1.165, 1.54) is 5.56 Å². The number of guanidine groups is 1. The van der Waals surface area contributed by atoms with E-state index in [1.54, 1.807) is 6.21 Å². The number of nitrogens with zero attached hydrogens (tertiary/aromatic N) is 4. The highest BCUT2D eigenvalue weighted by Crippen LogP contribution is 2.21. The Morgan fingerprint density at radius 3 is 2.48 bits per heavy atom. The van der Waals surface area contributed by atoms with Gasteiger partial charge in [-0.15, -0.1) is 5.10 Å². The summed E-state index contributed by atoms with van der Waals surface area (Å²) < 4.78 is 0. The molecule has 2 aromatic rings. The Bertz CT molecular complexity index is 742. The number of nitrogens with two attached hydrogens (primary N) is 2. The van der Waals surface area contributed by atoms with Crippen molar-refractivity contribution in [2.75, 3.05) is 11.6 Å². The van der Waals surface area contributed by atoms with Crippen molar-refractivity contribution in [3.05, 3.63) is 65.7 Å². The van der Waals surface area contributed by atoms with Crippen LogP contribution in [0.3, 0.4) is 0 Å². The molecule has 4 N–H and O–H groups in total. The fourth-order valence-electron chi connectivity index (χ4n) is 2.37. The number of hydrogen-bond donors (Lipinski definition) is 2. The van der Waals surface area contributed by atoms with Gasteiger partial charge in [0.15, 0.2) is 0 Å². The molecule has 6 heteroatoms. The van der Waals surface area contributed by atoms with E-state index in [1.807, 2.05) is 47.5 Å². The molecule has 1 aliphatic rings. The summed E-state index contributed by atoms with van der Waals surface area (Å²) >= 11 is 0. The Morgan fingerprint density at radius 1 is 1.04 bits per heavy atom. The predicted molar refractivity (Wildman–Crippen MR) is 94.8 cm³/mol. The van der Waals surface area contributed by atoms with Gasteiger partial charge >= 0.3 is 0 Å². The van der Waals surface area contributed by atoms with Crippen LogP contribution in [0.4, 0.5) is 5.69 Å². The Kier molecular flexibility index (Phi) is 4.33. The summed E-state index contributed by atoms with van der Waals surface area (Å²) in [7, 11) is 0. The largest absolute Gasteiger partial charge is 0.369 e. The highest BCUT2D eigenvalue weighted by Gasteiger charge is 2.16. The fraction of sp³-hybridized carbons (Fsp3) is 0.118. The maximum atomic E-state index is 5.22. The van der Waals surface area contributed by atoms with Crippen LogP contribution in [-0.4, -0.2) is 24.4 Å². The Balaban J connectivity index is 1.72. The highest BCUT2D eigenvalue weighted by molar-refractivity contribution is 6.02. The van der Waals surface area contributed by atoms with Gasteiger partial charge in [-0.25, -0.2) is 0 Å². The molecule has 3 rings (SSSR count). The van der Waals surface area contributed by atoms with Gasteiger partial charge in [0, 0.05) is 13.0 Å². The summed E-state index contributed by atoms with van der Waals surface area (Å²) in [6, 6.07) is 18.2. The van der Waals surface area contributed by atoms with Gasteiger partial charge in [0.05, 0.1) is 17.6 Å². The molecule has 0 aromatic heterocycles. The summed E-state index contributed by atoms with van der Waals surface area (Å²) in [5.74, 6) is -0.0577. The highest BCUT2D eigenvalue weighted by atomic mass is 15.5. The third-order valence-corrected chi connectivity index (χ3v) is 3.48. The minimum atomic E-state index is -0.0577. The molecule has 23 heavy (non-hydrogen) atoms. The van der Waals surface area contributed by atoms with Crippen LogP contribution in [-0.2, 0) is 0 Å². The molecule has 0 saturated carbocycles. The summed E-state index contributed by atoms with van der Waals surface area (Å²) in [6.45, 7) is 0.881. The van der Waals surface area contributed by atoms with Gasteiger partial charge in [0.2, 0.25) is 5.96 Å². The van der Waals surface area contributed by atoms with E-state index in [0.717, 1.165) is 29.9 Å². The van der Waals surface area contributed by atoms with E-state index in [9.17, 15) is 0 Å². The van der Waals surface area contributed by atoms with Crippen molar-refractivity contribution in [3.63, 3.8) is 0 Å². The molecule has 0 atom stereocenters. The first-order valence-corrected chi connectivity index (χ1v) is 7.35. The molecule has 0 radical (unpaired) electrons. The maximum Gasteiger partial charge on any atom is 0.211 e. The van der Waals surface area contributed by atoms with E-state index in [2.05, 4.69) is 22.3 Å². The van der Waals surface area contributed by atoms with Crippen LogP contribution < -0.4 is 16.5 Å². The number of hydrogen-bond acceptors (Lipinski definition) is 4. The van der Waals surface area contributed by atoms with Gasteiger partial charge in [-0.1, -0.05) is 42.5 Å². The van der Waals surface area contributed by atoms with Crippen LogP contribution in [0.2, 0.25) is 0 Å². The first-order valence-electron chi connectivity index (χ1n) is 7.35. The van der Waals surface area contributed by atoms with Gasteiger partial charge in [-0.05, 0) is 23.3 Å². The standard InChI is InChI=1S/C17H18N6/c18-17(19)21-20-12-13-6-8-15(9-7-13)23-11-10-16(22-23)14-4-2-1-3-5-14/h1-9,12H,10-11H2,(H4,18,19,21)/b20-12+. The normalized spacial score (nSPS) is 14.1. The average Bonchev–Trinajstić information content (AvgIpc) is 3.06. The number of benzene rings is 2. The lowest BCUT2D eigenvalue weighted by molar-refractivity contribution is 0.922. The first kappa shape index (κ1) is 14.8. The second-order valence-corrected chi connectivity index (χ2v) is 5.15. The van der Waals surface area contributed by atoms with Crippen molar-refractivity contribution in [2.24, 2.45) is 26.8 Å². The van der Waals surface area contributed by atoms with Gasteiger partial charge in [0.25, 0.3) is 0 Å². The van der Waals surface area contributed by atoms with E-state index < -0.39 is 0 Å². The number of anilines is 1. The summed E-state index contributed by atoms with van der Waals surface area (Å²) in [5, 5.41) is 14.1. The molecule has 0 aliphatic carbocycles. The SMILES string of the molecule is NC(N)=N/N=C/c1ccc(N2CCC(c3ccccc3)=N2)cc1. The molecular weight excluding hydrogens is 288 g/mol. The summed E-state index contributed by atoms with van der Waals surface area (Å²) in [6.07, 6.45) is 2.55. The van der Waals surface area contributed by atoms with Crippen LogP contribution in [0, 0.1) is 0 Å². The lowest BCUT2D eigenvalue weighted by Gasteiger charge is -2.13. The van der Waals surface area contributed by atoms with Crippen molar-refractivity contribution >= 4 is 23.6 Å². The van der Waals surface area contributed by atoms with Crippen LogP contribution in [0.5, 0.6) is 0 Å². The molecule has 1 aliphatic heterocycles. The molecule has 6 nitrogen and oxygen atoms in total. The number of rotatable bonds is 4. The lowest BCUT2D eigenvalue weighted by Crippen LogP contribution is -2.21. The smallest absolute Gasteiger partial charge is 0.211 e. The van der Waals surface area contributed by atoms with Crippen molar-refractivity contribution in [1.29, 1.82) is 0 Å². The van der Waals surface area contributed by atoms with Gasteiger partial charge in [0.1, 0.15) is 0 Å². The first-order chi connectivity index (χ1) is 11.2. The molecule has 0 spiro atoms. The topological polar surface area (TPSA) is 92.4 Å². The van der Waals surface area contributed by atoms with Crippen molar-refractivity contribution in [3.8, 4) is 0 Å². The molecule has 2 aromatic carbocycles. The van der Waals surface area contributed by atoms with Crippen LogP contribution in [0.15, 0.2) is 69.9 Å². The molecule has 0 saturated heterocycles. The van der Waals surface area contributed by atoms with Crippen LogP contribution in [0.1, 0.15) is 17.5 Å². The Labute approximate surface area is 134 Å². The average molecular weight is 306 g/mol. The van der Waals surface area contributed by atoms with Crippen molar-refractivity contribution in [1.82, 2.24) is 0 Å². The minimum Gasteiger partial charge on any atom is -0.369 e. The van der Waals surface area contributed by atoms with Gasteiger partial charge < -0.3 is 11.5 Å². The zero-order valence-electron chi connectivity index (χ0n) is 12.6. The Morgan fingerprint density at radius 2 is 1.78 bits per heavy atom. The second kappa shape index (κ2) is 6.74. The molecule has 1 heterocycles. The van der Waals surface area contributed by atoms with Gasteiger partial charge in [-0.3, -0.25) is 5.01 Å². The molecule has 0 unspecified atom stereocenters. The summed E-state index contributed by atoms with van der Waals surface area (Å²) in [5.41, 5.74) is 14.7. The fourth-order valence-corrected chi connectivity index (χ4v) is 2.37. The van der Waals surface area contributed by atoms with Crippen LogP contribution >= 0.6 is 0 Å². The van der Waals surface area contributed by atoms with E-state index in [0.29, 0.717) is 0 Å². The summed E-state index contributed by atoms with van der Waals surface area (Å²) in [4.78, 5) is 0. The zero-order valence-corrected chi connectivity index (χ0v) is 12.6. The zero-order chi connectivity index (χ0) is 16.1. The monoisotopic (exact) mass is 306 g/mol. The molecule has 116 valence electrons. The van der Waals surface area contributed by atoms with Crippen LogP contribution in [0.25, 0.3) is 0 Å². The second-order valence-electron chi connectivity index (χ2n) is 5.15. The van der Waals surface area contributed by atoms with Crippen molar-refractivity contribution in [2.45, 2.75) is 6.42 Å². The third kappa shape index (κ3) is 3.74. The predicted octanol–water partition coefficient (Wildman–Crippen LogP) is 1.91. The quantitative estimate of drug-likeness (QED) is 0.513. The van der Waals surface area contributed by atoms with E-state index >= 15 is 0 Å². The van der Waals surface area contributed by atoms with E-state index in [4.69, 9.17) is 16.6 Å². The van der Waals surface area contributed by atoms with E-state index in [-0.39, 0.29) is 5.96 Å². The molecule has 0 amide bonds. The van der Waals surface area contributed by atoms with Gasteiger partial charge in [-0.2, -0.15) is 10.2 Å². The lowest BCUT2D eigenvalue weighted by atomic mass is 10.1. The molecule has 0 fully saturated rings. The third-order valence-electron chi connectivity index (χ3n) is 3.48. The maximum absolute atomic E-state index is 5.22. The number of hydrazone groups is 1. The Hall–Kier alpha value is -3.15. The molecule has 0 bridgehead atoms.